The van der Waals surface area contributed by atoms with Crippen LogP contribution in [0.25, 0.3) is 33.1 Å². The third-order valence-electron chi connectivity index (χ3n) is 5.12. The van der Waals surface area contributed by atoms with Crippen LogP contribution in [0.3, 0.4) is 0 Å². The number of carbonyl (C=O) groups is 1. The molecule has 0 atom stereocenters. The molecule has 31 heavy (non-hydrogen) atoms. The Morgan fingerprint density at radius 1 is 1.06 bits per heavy atom. The van der Waals surface area contributed by atoms with Crippen LogP contribution in [0.5, 0.6) is 0 Å². The molecule has 7 heteroatoms. The van der Waals surface area contributed by atoms with Gasteiger partial charge in [0.05, 0.1) is 22.5 Å². The number of hydrogen-bond acceptors (Lipinski definition) is 5. The molecule has 2 aromatic heterocycles. The van der Waals surface area contributed by atoms with E-state index in [0.717, 1.165) is 5.56 Å². The number of aromatic nitrogens is 2. The highest BCUT2D eigenvalue weighted by Gasteiger charge is 2.20. The molecule has 158 valence electrons. The molecule has 2 heterocycles. The van der Waals surface area contributed by atoms with Crippen molar-refractivity contribution in [1.29, 1.82) is 0 Å². The SMILES string of the molecule is CCOC(=O)Cn1c2nc(N(C)C)ccc2c(=O)c2ccc(Cl)c(-c3ccccc3)c21. The summed E-state index contributed by atoms with van der Waals surface area (Å²) in [5.74, 6) is 0.261. The second-order valence-electron chi connectivity index (χ2n) is 7.34. The first kappa shape index (κ1) is 20.9. The van der Waals surface area contributed by atoms with E-state index in [0.29, 0.717) is 38.3 Å². The molecular formula is C24H22ClN3O3. The Morgan fingerprint density at radius 2 is 1.77 bits per heavy atom. The number of carbonyl (C=O) groups excluding carboxylic acids is 1. The van der Waals surface area contributed by atoms with Crippen molar-refractivity contribution in [2.75, 3.05) is 25.6 Å². The van der Waals surface area contributed by atoms with E-state index in [1.807, 2.05) is 49.3 Å². The van der Waals surface area contributed by atoms with Crippen molar-refractivity contribution < 1.29 is 9.53 Å². The van der Waals surface area contributed by atoms with Gasteiger partial charge in [0.15, 0.2) is 5.43 Å². The smallest absolute Gasteiger partial charge is 0.326 e. The van der Waals surface area contributed by atoms with Crippen LogP contribution < -0.4 is 10.3 Å². The molecule has 0 aliphatic carbocycles. The van der Waals surface area contributed by atoms with E-state index < -0.39 is 5.97 Å². The Balaban J connectivity index is 2.19. The number of nitrogens with zero attached hydrogens (tertiary/aromatic N) is 3. The van der Waals surface area contributed by atoms with Gasteiger partial charge in [-0.25, -0.2) is 4.98 Å². The van der Waals surface area contributed by atoms with Crippen LogP contribution in [0.2, 0.25) is 5.02 Å². The maximum Gasteiger partial charge on any atom is 0.326 e. The Labute approximate surface area is 184 Å². The molecule has 0 radical (unpaired) electrons. The molecule has 0 unspecified atom stereocenters. The first-order valence-corrected chi connectivity index (χ1v) is 10.3. The van der Waals surface area contributed by atoms with Crippen LogP contribution in [0, 0.1) is 0 Å². The average Bonchev–Trinajstić information content (AvgIpc) is 2.76. The van der Waals surface area contributed by atoms with Gasteiger partial charge in [-0.15, -0.1) is 0 Å². The van der Waals surface area contributed by atoms with E-state index >= 15 is 0 Å². The second-order valence-corrected chi connectivity index (χ2v) is 7.75. The van der Waals surface area contributed by atoms with Gasteiger partial charge < -0.3 is 14.2 Å². The van der Waals surface area contributed by atoms with Gasteiger partial charge in [-0.05, 0) is 36.8 Å². The molecule has 0 aliphatic rings. The number of ether oxygens (including phenoxy) is 1. The van der Waals surface area contributed by atoms with Crippen molar-refractivity contribution in [2.45, 2.75) is 13.5 Å². The molecule has 0 saturated heterocycles. The Kier molecular flexibility index (Phi) is 5.65. The standard InChI is InChI=1S/C24H22ClN3O3/c1-4-31-20(29)14-28-22-16(10-12-18(25)21(22)15-8-6-5-7-9-15)23(30)17-11-13-19(27(2)3)26-24(17)28/h5-13H,4,14H2,1-3H3. The van der Waals surface area contributed by atoms with Gasteiger partial charge >= 0.3 is 5.97 Å². The zero-order valence-electron chi connectivity index (χ0n) is 17.6. The summed E-state index contributed by atoms with van der Waals surface area (Å²) in [6.45, 7) is 1.93. The summed E-state index contributed by atoms with van der Waals surface area (Å²) in [4.78, 5) is 32.5. The van der Waals surface area contributed by atoms with Gasteiger partial charge in [-0.2, -0.15) is 0 Å². The third-order valence-corrected chi connectivity index (χ3v) is 5.43. The molecule has 0 amide bonds. The van der Waals surface area contributed by atoms with Gasteiger partial charge in [0.1, 0.15) is 18.0 Å². The number of hydrogen-bond donors (Lipinski definition) is 0. The van der Waals surface area contributed by atoms with E-state index in [2.05, 4.69) is 0 Å². The fourth-order valence-electron chi connectivity index (χ4n) is 3.72. The predicted molar refractivity (Wildman–Crippen MR) is 125 cm³/mol. The first-order valence-electron chi connectivity index (χ1n) is 9.96. The van der Waals surface area contributed by atoms with E-state index in [9.17, 15) is 9.59 Å². The van der Waals surface area contributed by atoms with Gasteiger partial charge in [0, 0.05) is 25.0 Å². The number of anilines is 1. The second kappa shape index (κ2) is 8.40. The fraction of sp³-hybridized carbons (Fsp3) is 0.208. The highest BCUT2D eigenvalue weighted by atomic mass is 35.5. The summed E-state index contributed by atoms with van der Waals surface area (Å²) >= 11 is 6.63. The van der Waals surface area contributed by atoms with Crippen molar-refractivity contribution in [3.05, 3.63) is 69.8 Å². The number of rotatable bonds is 5. The summed E-state index contributed by atoms with van der Waals surface area (Å²) < 4.78 is 6.96. The van der Waals surface area contributed by atoms with E-state index in [4.69, 9.17) is 21.3 Å². The summed E-state index contributed by atoms with van der Waals surface area (Å²) in [7, 11) is 3.74. The summed E-state index contributed by atoms with van der Waals surface area (Å²) in [6, 6.07) is 16.5. The van der Waals surface area contributed by atoms with E-state index in [-0.39, 0.29) is 18.6 Å². The lowest BCUT2D eigenvalue weighted by Crippen LogP contribution is -2.20. The molecule has 4 aromatic rings. The largest absolute Gasteiger partial charge is 0.465 e. The number of halogens is 1. The zero-order valence-corrected chi connectivity index (χ0v) is 18.3. The van der Waals surface area contributed by atoms with Gasteiger partial charge in [-0.3, -0.25) is 9.59 Å². The summed E-state index contributed by atoms with van der Waals surface area (Å²) in [6.07, 6.45) is 0. The Hall–Kier alpha value is -3.38. The summed E-state index contributed by atoms with van der Waals surface area (Å²) in [5, 5.41) is 1.39. The van der Waals surface area contributed by atoms with Crippen LogP contribution in [-0.2, 0) is 16.1 Å². The Morgan fingerprint density at radius 3 is 2.45 bits per heavy atom. The van der Waals surface area contributed by atoms with Crippen LogP contribution >= 0.6 is 11.6 Å². The molecule has 0 bridgehead atoms. The molecular weight excluding hydrogens is 414 g/mol. The van der Waals surface area contributed by atoms with Crippen molar-refractivity contribution >= 4 is 45.3 Å². The monoisotopic (exact) mass is 435 g/mol. The fourth-order valence-corrected chi connectivity index (χ4v) is 3.98. The maximum absolute atomic E-state index is 13.4. The van der Waals surface area contributed by atoms with E-state index in [1.165, 1.54) is 0 Å². The van der Waals surface area contributed by atoms with Gasteiger partial charge in [-0.1, -0.05) is 41.9 Å². The lowest BCUT2D eigenvalue weighted by Gasteiger charge is -2.19. The Bertz CT molecular complexity index is 1350. The number of esters is 1. The van der Waals surface area contributed by atoms with Crippen molar-refractivity contribution in [2.24, 2.45) is 0 Å². The average molecular weight is 436 g/mol. The number of benzene rings is 2. The topological polar surface area (TPSA) is 64.4 Å². The lowest BCUT2D eigenvalue weighted by molar-refractivity contribution is -0.143. The summed E-state index contributed by atoms with van der Waals surface area (Å²) in [5.41, 5.74) is 2.35. The predicted octanol–water partition coefficient (Wildman–Crippen LogP) is 4.50. The third kappa shape index (κ3) is 3.75. The maximum atomic E-state index is 13.4. The molecule has 6 nitrogen and oxygen atoms in total. The molecule has 0 saturated carbocycles. The molecule has 0 aliphatic heterocycles. The highest BCUT2D eigenvalue weighted by molar-refractivity contribution is 6.35. The van der Waals surface area contributed by atoms with Crippen molar-refractivity contribution in [3.63, 3.8) is 0 Å². The molecule has 0 N–H and O–H groups in total. The zero-order chi connectivity index (χ0) is 22.1. The number of pyridine rings is 2. The first-order chi connectivity index (χ1) is 14.9. The quantitative estimate of drug-likeness (QED) is 0.341. The van der Waals surface area contributed by atoms with Crippen LogP contribution in [0.1, 0.15) is 6.92 Å². The minimum Gasteiger partial charge on any atom is -0.465 e. The van der Waals surface area contributed by atoms with Crippen molar-refractivity contribution in [3.8, 4) is 11.1 Å². The minimum atomic E-state index is -0.412. The van der Waals surface area contributed by atoms with Crippen molar-refractivity contribution in [1.82, 2.24) is 9.55 Å². The molecule has 0 spiro atoms. The number of fused-ring (bicyclic) bond motifs is 2. The van der Waals surface area contributed by atoms with Crippen LogP contribution in [0.4, 0.5) is 5.82 Å². The van der Waals surface area contributed by atoms with Crippen LogP contribution in [-0.4, -0.2) is 36.2 Å². The van der Waals surface area contributed by atoms with Gasteiger partial charge in [0.25, 0.3) is 0 Å². The molecule has 2 aromatic carbocycles. The highest BCUT2D eigenvalue weighted by Crippen LogP contribution is 2.35. The van der Waals surface area contributed by atoms with E-state index in [1.54, 1.807) is 35.8 Å². The molecule has 4 rings (SSSR count). The normalized spacial score (nSPS) is 11.1. The van der Waals surface area contributed by atoms with Gasteiger partial charge in [0.2, 0.25) is 0 Å². The molecule has 0 fully saturated rings. The minimum absolute atomic E-state index is 0.0921. The van der Waals surface area contributed by atoms with Crippen LogP contribution in [0.15, 0.2) is 59.4 Å². The lowest BCUT2D eigenvalue weighted by atomic mass is 10.00.